The van der Waals surface area contributed by atoms with Gasteiger partial charge in [0.25, 0.3) is 11.8 Å². The average Bonchev–Trinajstić information content (AvgIpc) is 3.56. The van der Waals surface area contributed by atoms with Crippen molar-refractivity contribution in [2.24, 2.45) is 0 Å². The smallest absolute Gasteiger partial charge is 0.255 e. The molecule has 53 heavy (non-hydrogen) atoms. The molecule has 0 spiro atoms. The summed E-state index contributed by atoms with van der Waals surface area (Å²) < 4.78 is 6.80. The Bertz CT molecular complexity index is 2220. The second-order valence-electron chi connectivity index (χ2n) is 12.6. The SMILES string of the molecule is Cl.O=C(Nc1ccc(Cl)cc1)c1ccc(-c2sc3cc(C(=O)Nc4ccc(Cl)cc4)ccc3c2C(=O)c2ccc(OCCN3CCCCC3)cc2)cc1. The number of rotatable bonds is 11. The summed E-state index contributed by atoms with van der Waals surface area (Å²) in [6, 6.07) is 33.6. The Kier molecular flexibility index (Phi) is 12.5. The Hall–Kier alpha value is -4.70. The quantitative estimate of drug-likeness (QED) is 0.128. The van der Waals surface area contributed by atoms with Crippen LogP contribution in [0.1, 0.15) is 55.9 Å². The van der Waals surface area contributed by atoms with Crippen LogP contribution in [-0.4, -0.2) is 48.7 Å². The third-order valence-electron chi connectivity index (χ3n) is 9.03. The molecule has 0 bridgehead atoms. The van der Waals surface area contributed by atoms with E-state index < -0.39 is 0 Å². The fourth-order valence-electron chi connectivity index (χ4n) is 6.23. The first kappa shape index (κ1) is 38.0. The van der Waals surface area contributed by atoms with Gasteiger partial charge in [-0.3, -0.25) is 19.3 Å². The number of hydrogen-bond acceptors (Lipinski definition) is 6. The van der Waals surface area contributed by atoms with Crippen LogP contribution < -0.4 is 15.4 Å². The first-order chi connectivity index (χ1) is 25.3. The maximum atomic E-state index is 14.3. The molecule has 0 unspecified atom stereocenters. The molecule has 0 saturated carbocycles. The number of amides is 2. The van der Waals surface area contributed by atoms with Gasteiger partial charge in [0.05, 0.1) is 0 Å². The standard InChI is InChI=1S/C42H35Cl2N3O4S.ClH/c43-31-11-15-33(16-12-31)45-41(49)29-6-4-28(5-7-29)40-38(39(48)27-8-19-35(20-9-27)51-25-24-47-22-2-1-3-23-47)36-21-10-30(26-37(36)52-40)42(50)46-34-17-13-32(44)14-18-34;/h4-21,26H,1-3,22-25H2,(H,45,49)(H,46,50);1H. The van der Waals surface area contributed by atoms with Gasteiger partial charge in [0.2, 0.25) is 0 Å². The van der Waals surface area contributed by atoms with E-state index in [-0.39, 0.29) is 30.0 Å². The molecule has 2 heterocycles. The molecule has 2 amide bonds. The Morgan fingerprint density at radius 3 is 1.81 bits per heavy atom. The summed E-state index contributed by atoms with van der Waals surface area (Å²) in [5.41, 5.74) is 3.99. The van der Waals surface area contributed by atoms with Crippen molar-refractivity contribution in [3.05, 3.63) is 148 Å². The van der Waals surface area contributed by atoms with Gasteiger partial charge in [-0.1, -0.05) is 47.8 Å². The summed E-state index contributed by atoms with van der Waals surface area (Å²) in [6.45, 7) is 3.70. The lowest BCUT2D eigenvalue weighted by atomic mass is 9.96. The minimum atomic E-state index is -0.279. The zero-order valence-corrected chi connectivity index (χ0v) is 31.7. The molecule has 2 N–H and O–H groups in total. The van der Waals surface area contributed by atoms with Gasteiger partial charge in [-0.15, -0.1) is 23.7 Å². The highest BCUT2D eigenvalue weighted by Crippen LogP contribution is 2.41. The molecule has 0 aliphatic carbocycles. The van der Waals surface area contributed by atoms with E-state index in [1.54, 1.807) is 84.9 Å². The van der Waals surface area contributed by atoms with Gasteiger partial charge < -0.3 is 15.4 Å². The van der Waals surface area contributed by atoms with Gasteiger partial charge in [-0.2, -0.15) is 0 Å². The third kappa shape index (κ3) is 9.27. The van der Waals surface area contributed by atoms with Crippen molar-refractivity contribution in [2.75, 3.05) is 36.9 Å². The molecule has 5 aromatic carbocycles. The molecule has 0 radical (unpaired) electrons. The van der Waals surface area contributed by atoms with Gasteiger partial charge in [0.15, 0.2) is 5.78 Å². The molecule has 1 aromatic heterocycles. The highest BCUT2D eigenvalue weighted by Gasteiger charge is 2.23. The van der Waals surface area contributed by atoms with Crippen LogP contribution in [0.4, 0.5) is 11.4 Å². The minimum absolute atomic E-state index is 0. The van der Waals surface area contributed by atoms with Crippen LogP contribution in [0.25, 0.3) is 20.5 Å². The minimum Gasteiger partial charge on any atom is -0.492 e. The normalized spacial score (nSPS) is 12.9. The van der Waals surface area contributed by atoms with E-state index in [4.69, 9.17) is 27.9 Å². The Morgan fingerprint density at radius 2 is 1.21 bits per heavy atom. The van der Waals surface area contributed by atoms with E-state index in [0.717, 1.165) is 40.2 Å². The number of fused-ring (bicyclic) bond motifs is 1. The van der Waals surface area contributed by atoms with Crippen molar-refractivity contribution in [2.45, 2.75) is 19.3 Å². The predicted octanol–water partition coefficient (Wildman–Crippen LogP) is 10.9. The topological polar surface area (TPSA) is 87.7 Å². The first-order valence-electron chi connectivity index (χ1n) is 17.1. The molecule has 0 atom stereocenters. The summed E-state index contributed by atoms with van der Waals surface area (Å²) in [5.74, 6) is 0.0203. The fraction of sp³-hybridized carbons (Fsp3) is 0.167. The van der Waals surface area contributed by atoms with E-state index in [1.165, 1.54) is 30.6 Å². The molecule has 7 nitrogen and oxygen atoms in total. The summed E-state index contributed by atoms with van der Waals surface area (Å²) in [6.07, 6.45) is 3.76. The molecule has 6 aromatic rings. The third-order valence-corrected chi connectivity index (χ3v) is 10.7. The van der Waals surface area contributed by atoms with E-state index in [9.17, 15) is 14.4 Å². The lowest BCUT2D eigenvalue weighted by molar-refractivity contribution is 0.101. The lowest BCUT2D eigenvalue weighted by Crippen LogP contribution is -2.33. The van der Waals surface area contributed by atoms with Gasteiger partial charge in [0, 0.05) is 65.2 Å². The van der Waals surface area contributed by atoms with Crippen LogP contribution in [0.15, 0.2) is 115 Å². The van der Waals surface area contributed by atoms with E-state index in [0.29, 0.717) is 56.0 Å². The molecule has 1 fully saturated rings. The van der Waals surface area contributed by atoms with E-state index >= 15 is 0 Å². The first-order valence-corrected chi connectivity index (χ1v) is 18.7. The number of anilines is 2. The number of ether oxygens (including phenoxy) is 1. The second-order valence-corrected chi connectivity index (χ2v) is 14.5. The summed E-state index contributed by atoms with van der Waals surface area (Å²) in [5, 5.41) is 7.68. The summed E-state index contributed by atoms with van der Waals surface area (Å²) >= 11 is 13.4. The number of nitrogens with zero attached hydrogens (tertiary/aromatic N) is 1. The van der Waals surface area contributed by atoms with Crippen molar-refractivity contribution >= 4 is 86.0 Å². The zero-order valence-electron chi connectivity index (χ0n) is 28.6. The molecule has 1 aliphatic heterocycles. The number of carbonyl (C=O) groups is 3. The van der Waals surface area contributed by atoms with Crippen LogP contribution in [0.3, 0.4) is 0 Å². The van der Waals surface area contributed by atoms with Crippen molar-refractivity contribution in [1.82, 2.24) is 4.90 Å². The number of carbonyl (C=O) groups excluding carboxylic acids is 3. The van der Waals surface area contributed by atoms with Crippen molar-refractivity contribution in [3.63, 3.8) is 0 Å². The number of likely N-dealkylation sites (tertiary alicyclic amines) is 1. The molecular formula is C42H36Cl3N3O4S. The van der Waals surface area contributed by atoms with Crippen LogP contribution in [0.5, 0.6) is 5.75 Å². The Balaban J connectivity index is 0.00000481. The van der Waals surface area contributed by atoms with Crippen molar-refractivity contribution < 1.29 is 19.1 Å². The number of ketones is 1. The van der Waals surface area contributed by atoms with Gasteiger partial charge in [0.1, 0.15) is 12.4 Å². The van der Waals surface area contributed by atoms with Crippen LogP contribution in [-0.2, 0) is 0 Å². The molecular weight excluding hydrogens is 749 g/mol. The number of halogens is 3. The van der Waals surface area contributed by atoms with Gasteiger partial charge in [-0.05, 0) is 129 Å². The largest absolute Gasteiger partial charge is 0.492 e. The van der Waals surface area contributed by atoms with Crippen molar-refractivity contribution in [1.29, 1.82) is 0 Å². The number of thiophene rings is 1. The molecule has 270 valence electrons. The monoisotopic (exact) mass is 783 g/mol. The van der Waals surface area contributed by atoms with Crippen LogP contribution in [0.2, 0.25) is 10.0 Å². The molecule has 1 aliphatic rings. The molecule has 1 saturated heterocycles. The maximum Gasteiger partial charge on any atom is 0.255 e. The predicted molar refractivity (Wildman–Crippen MR) is 219 cm³/mol. The summed E-state index contributed by atoms with van der Waals surface area (Å²) in [7, 11) is 0. The zero-order chi connectivity index (χ0) is 36.0. The molecule has 11 heteroatoms. The highest BCUT2D eigenvalue weighted by molar-refractivity contribution is 7.22. The van der Waals surface area contributed by atoms with Crippen LogP contribution >= 0.6 is 46.9 Å². The van der Waals surface area contributed by atoms with E-state index in [1.807, 2.05) is 30.3 Å². The second kappa shape index (κ2) is 17.4. The fourth-order valence-corrected chi connectivity index (χ4v) is 7.73. The maximum absolute atomic E-state index is 14.3. The Labute approximate surface area is 328 Å². The van der Waals surface area contributed by atoms with Crippen LogP contribution in [0, 0.1) is 0 Å². The Morgan fingerprint density at radius 1 is 0.660 bits per heavy atom. The lowest BCUT2D eigenvalue weighted by Gasteiger charge is -2.26. The van der Waals surface area contributed by atoms with Gasteiger partial charge >= 0.3 is 0 Å². The number of benzene rings is 5. The average molecular weight is 785 g/mol. The highest BCUT2D eigenvalue weighted by atomic mass is 35.5. The number of nitrogens with one attached hydrogen (secondary N) is 2. The van der Waals surface area contributed by atoms with Gasteiger partial charge in [-0.25, -0.2) is 0 Å². The van der Waals surface area contributed by atoms with Crippen molar-refractivity contribution in [3.8, 4) is 16.2 Å². The number of hydrogen-bond donors (Lipinski definition) is 2. The summed E-state index contributed by atoms with van der Waals surface area (Å²) in [4.78, 5) is 43.8. The van der Waals surface area contributed by atoms with E-state index in [2.05, 4.69) is 15.5 Å². The molecule has 7 rings (SSSR count). The number of piperidine rings is 1.